The SMILES string of the molecule is CCCCC(=O)Nc1c(-c2ccc(F)cc2)n[nH]c1C(=O)O. The van der Waals surface area contributed by atoms with Crippen molar-refractivity contribution in [2.45, 2.75) is 26.2 Å². The van der Waals surface area contributed by atoms with Gasteiger partial charge >= 0.3 is 5.97 Å². The molecule has 1 heterocycles. The second kappa shape index (κ2) is 6.84. The second-order valence-electron chi connectivity index (χ2n) is 4.79. The molecule has 0 aliphatic heterocycles. The Balaban J connectivity index is 2.36. The van der Waals surface area contributed by atoms with Crippen LogP contribution in [-0.4, -0.2) is 27.2 Å². The number of hydrogen-bond donors (Lipinski definition) is 3. The highest BCUT2D eigenvalue weighted by Crippen LogP contribution is 2.29. The summed E-state index contributed by atoms with van der Waals surface area (Å²) in [4.78, 5) is 23.1. The maximum atomic E-state index is 13.0. The zero-order valence-electron chi connectivity index (χ0n) is 12.0. The Morgan fingerprint density at radius 3 is 2.59 bits per heavy atom. The van der Waals surface area contributed by atoms with Crippen LogP contribution >= 0.6 is 0 Å². The van der Waals surface area contributed by atoms with E-state index < -0.39 is 11.8 Å². The van der Waals surface area contributed by atoms with Crippen LogP contribution in [0.3, 0.4) is 0 Å². The van der Waals surface area contributed by atoms with E-state index >= 15 is 0 Å². The Morgan fingerprint density at radius 2 is 2.00 bits per heavy atom. The minimum Gasteiger partial charge on any atom is -0.476 e. The average Bonchev–Trinajstić information content (AvgIpc) is 2.89. The van der Waals surface area contributed by atoms with Crippen molar-refractivity contribution in [3.05, 3.63) is 35.8 Å². The molecule has 22 heavy (non-hydrogen) atoms. The summed E-state index contributed by atoms with van der Waals surface area (Å²) in [7, 11) is 0. The van der Waals surface area contributed by atoms with Gasteiger partial charge in [-0.3, -0.25) is 9.89 Å². The molecule has 1 aromatic heterocycles. The second-order valence-corrected chi connectivity index (χ2v) is 4.79. The molecule has 116 valence electrons. The normalized spacial score (nSPS) is 10.5. The van der Waals surface area contributed by atoms with E-state index in [0.29, 0.717) is 18.4 Å². The molecule has 1 aromatic carbocycles. The molecular weight excluding hydrogens is 289 g/mol. The summed E-state index contributed by atoms with van der Waals surface area (Å²) in [6, 6.07) is 5.43. The van der Waals surface area contributed by atoms with E-state index in [2.05, 4.69) is 15.5 Å². The molecule has 7 heteroatoms. The maximum Gasteiger partial charge on any atom is 0.356 e. The lowest BCUT2D eigenvalue weighted by atomic mass is 10.1. The lowest BCUT2D eigenvalue weighted by Crippen LogP contribution is -2.14. The molecule has 0 atom stereocenters. The molecule has 0 unspecified atom stereocenters. The molecule has 0 aliphatic rings. The van der Waals surface area contributed by atoms with Crippen molar-refractivity contribution in [2.24, 2.45) is 0 Å². The molecule has 0 saturated heterocycles. The smallest absolute Gasteiger partial charge is 0.356 e. The number of rotatable bonds is 6. The van der Waals surface area contributed by atoms with Crippen molar-refractivity contribution < 1.29 is 19.1 Å². The van der Waals surface area contributed by atoms with Crippen LogP contribution in [0.1, 0.15) is 36.7 Å². The van der Waals surface area contributed by atoms with Gasteiger partial charge in [-0.2, -0.15) is 5.10 Å². The number of anilines is 1. The first-order chi connectivity index (χ1) is 10.5. The van der Waals surface area contributed by atoms with E-state index in [9.17, 15) is 19.1 Å². The van der Waals surface area contributed by atoms with Gasteiger partial charge in [-0.25, -0.2) is 9.18 Å². The van der Waals surface area contributed by atoms with E-state index in [-0.39, 0.29) is 23.0 Å². The minimum absolute atomic E-state index is 0.0974. The highest BCUT2D eigenvalue weighted by Gasteiger charge is 2.21. The number of H-pyrrole nitrogens is 1. The first kappa shape index (κ1) is 15.7. The number of carbonyl (C=O) groups excluding carboxylic acids is 1. The number of nitrogens with one attached hydrogen (secondary N) is 2. The van der Waals surface area contributed by atoms with Crippen molar-refractivity contribution in [2.75, 3.05) is 5.32 Å². The Bertz CT molecular complexity index is 680. The Kier molecular flexibility index (Phi) is 4.88. The van der Waals surface area contributed by atoms with Gasteiger partial charge in [-0.05, 0) is 30.7 Å². The summed E-state index contributed by atoms with van der Waals surface area (Å²) in [6.45, 7) is 1.96. The standard InChI is InChI=1S/C15H16FN3O3/c1-2-3-4-11(20)17-13-12(18-19-14(13)15(21)22)9-5-7-10(16)8-6-9/h5-8H,2-4H2,1H3,(H,17,20)(H,18,19)(H,21,22). The first-order valence-corrected chi connectivity index (χ1v) is 6.90. The summed E-state index contributed by atoms with van der Waals surface area (Å²) >= 11 is 0. The third-order valence-electron chi connectivity index (χ3n) is 3.12. The molecule has 0 radical (unpaired) electrons. The van der Waals surface area contributed by atoms with Gasteiger partial charge in [0.2, 0.25) is 5.91 Å². The highest BCUT2D eigenvalue weighted by atomic mass is 19.1. The lowest BCUT2D eigenvalue weighted by Gasteiger charge is -2.06. The molecule has 0 saturated carbocycles. The van der Waals surface area contributed by atoms with E-state index in [0.717, 1.165) is 6.42 Å². The number of aromatic carboxylic acids is 1. The van der Waals surface area contributed by atoms with Crippen molar-refractivity contribution in [1.82, 2.24) is 10.2 Å². The Labute approximate surface area is 126 Å². The number of carbonyl (C=O) groups is 2. The van der Waals surface area contributed by atoms with Crippen molar-refractivity contribution in [3.8, 4) is 11.3 Å². The molecule has 0 spiro atoms. The summed E-state index contributed by atoms with van der Waals surface area (Å²) in [6.07, 6.45) is 1.86. The quantitative estimate of drug-likeness (QED) is 0.764. The van der Waals surface area contributed by atoms with E-state index in [1.807, 2.05) is 6.92 Å². The molecule has 0 aliphatic carbocycles. The number of carboxylic acid groups (broad SMARTS) is 1. The zero-order chi connectivity index (χ0) is 16.1. The number of halogens is 1. The fraction of sp³-hybridized carbons (Fsp3) is 0.267. The first-order valence-electron chi connectivity index (χ1n) is 6.90. The number of benzene rings is 1. The van der Waals surface area contributed by atoms with Gasteiger partial charge in [0, 0.05) is 12.0 Å². The van der Waals surface area contributed by atoms with Crippen LogP contribution in [-0.2, 0) is 4.79 Å². The van der Waals surface area contributed by atoms with Gasteiger partial charge in [-0.1, -0.05) is 13.3 Å². The molecule has 0 fully saturated rings. The molecule has 0 bridgehead atoms. The van der Waals surface area contributed by atoms with Crippen LogP contribution < -0.4 is 5.32 Å². The number of aromatic nitrogens is 2. The van der Waals surface area contributed by atoms with Crippen LogP contribution in [0.4, 0.5) is 10.1 Å². The van der Waals surface area contributed by atoms with E-state index in [1.54, 1.807) is 0 Å². The molecule has 3 N–H and O–H groups in total. The predicted molar refractivity (Wildman–Crippen MR) is 79.1 cm³/mol. The van der Waals surface area contributed by atoms with E-state index in [1.165, 1.54) is 24.3 Å². The number of aromatic amines is 1. The Morgan fingerprint density at radius 1 is 1.32 bits per heavy atom. The van der Waals surface area contributed by atoms with Gasteiger partial charge in [0.1, 0.15) is 17.2 Å². The molecule has 2 aromatic rings. The van der Waals surface area contributed by atoms with Crippen molar-refractivity contribution in [3.63, 3.8) is 0 Å². The van der Waals surface area contributed by atoms with Gasteiger partial charge in [0.15, 0.2) is 5.69 Å². The largest absolute Gasteiger partial charge is 0.476 e. The number of unbranched alkanes of at least 4 members (excludes halogenated alkanes) is 1. The van der Waals surface area contributed by atoms with Crippen molar-refractivity contribution in [1.29, 1.82) is 0 Å². The van der Waals surface area contributed by atoms with E-state index in [4.69, 9.17) is 0 Å². The fourth-order valence-corrected chi connectivity index (χ4v) is 1.97. The molecular formula is C15H16FN3O3. The van der Waals surface area contributed by atoms with Gasteiger partial charge in [-0.15, -0.1) is 0 Å². The third kappa shape index (κ3) is 3.49. The maximum absolute atomic E-state index is 13.0. The van der Waals surface area contributed by atoms with Gasteiger partial charge in [0.25, 0.3) is 0 Å². The number of hydrogen-bond acceptors (Lipinski definition) is 3. The topological polar surface area (TPSA) is 95.1 Å². The molecule has 6 nitrogen and oxygen atoms in total. The van der Waals surface area contributed by atoms with Crippen LogP contribution in [0.2, 0.25) is 0 Å². The third-order valence-corrected chi connectivity index (χ3v) is 3.12. The van der Waals surface area contributed by atoms with Gasteiger partial charge in [0.05, 0.1) is 0 Å². The fourth-order valence-electron chi connectivity index (χ4n) is 1.97. The molecule has 1 amide bonds. The number of carboxylic acids is 1. The zero-order valence-corrected chi connectivity index (χ0v) is 12.0. The van der Waals surface area contributed by atoms with Crippen LogP contribution in [0, 0.1) is 5.82 Å². The van der Waals surface area contributed by atoms with Crippen molar-refractivity contribution >= 4 is 17.6 Å². The number of amides is 1. The Hall–Kier alpha value is -2.70. The summed E-state index contributed by atoms with van der Waals surface area (Å²) < 4.78 is 13.0. The average molecular weight is 305 g/mol. The predicted octanol–water partition coefficient (Wildman–Crippen LogP) is 3.04. The monoisotopic (exact) mass is 305 g/mol. The highest BCUT2D eigenvalue weighted by molar-refractivity contribution is 6.03. The van der Waals surface area contributed by atoms with Gasteiger partial charge < -0.3 is 10.4 Å². The summed E-state index contributed by atoms with van der Waals surface area (Å²) in [5.41, 5.74) is 0.669. The minimum atomic E-state index is -1.23. The van der Waals surface area contributed by atoms with Crippen LogP contribution in [0.15, 0.2) is 24.3 Å². The molecule has 2 rings (SSSR count). The van der Waals surface area contributed by atoms with Crippen LogP contribution in [0.5, 0.6) is 0 Å². The number of nitrogens with zero attached hydrogens (tertiary/aromatic N) is 1. The lowest BCUT2D eigenvalue weighted by molar-refractivity contribution is -0.116. The van der Waals surface area contributed by atoms with Crippen LogP contribution in [0.25, 0.3) is 11.3 Å². The summed E-state index contributed by atoms with van der Waals surface area (Å²) in [5.74, 6) is -1.92. The summed E-state index contributed by atoms with van der Waals surface area (Å²) in [5, 5.41) is 18.1.